The second-order valence-corrected chi connectivity index (χ2v) is 14.2. The van der Waals surface area contributed by atoms with Crippen LogP contribution >= 0.6 is 0 Å². The molecule has 1 heterocycles. The first-order valence-electron chi connectivity index (χ1n) is 9.71. The Morgan fingerprint density at radius 3 is 1.54 bits per heavy atom. The predicted molar refractivity (Wildman–Crippen MR) is 106 cm³/mol. The molecule has 0 spiro atoms. The molecule has 5 rings (SSSR count). The molecule has 1 aliphatic heterocycles. The molecule has 0 bridgehead atoms. The van der Waals surface area contributed by atoms with Crippen LogP contribution in [-0.4, -0.2) is 0 Å². The molecule has 1 heteroatoms. The molecule has 0 saturated carbocycles. The fourth-order valence-corrected chi connectivity index (χ4v) is 14.3. The maximum atomic E-state index is 2.43. The van der Waals surface area contributed by atoms with Gasteiger partial charge in [0.25, 0.3) is 0 Å². The first-order valence-corrected chi connectivity index (χ1v) is 13.5. The van der Waals surface area contributed by atoms with Gasteiger partial charge in [-0.15, -0.1) is 0 Å². The van der Waals surface area contributed by atoms with E-state index in [4.69, 9.17) is 0 Å². The Hall–Kier alpha value is -1.89. The molecule has 0 unspecified atom stereocenters. The van der Waals surface area contributed by atoms with Crippen LogP contribution in [0.5, 0.6) is 0 Å². The molecule has 0 amide bonds. The Kier molecular flexibility index (Phi) is 4.19. The van der Waals surface area contributed by atoms with Crippen LogP contribution in [0.1, 0.15) is 30.4 Å². The van der Waals surface area contributed by atoms with E-state index >= 15 is 0 Å². The van der Waals surface area contributed by atoms with Crippen molar-refractivity contribution < 1.29 is 16.6 Å². The predicted octanol–water partition coefficient (Wildman–Crippen LogP) is 6.37. The Morgan fingerprint density at radius 1 is 0.615 bits per heavy atom. The molecule has 0 atom stereocenters. The van der Waals surface area contributed by atoms with Gasteiger partial charge in [0.2, 0.25) is 0 Å². The molecule has 2 aromatic rings. The quantitative estimate of drug-likeness (QED) is 0.547. The SMILES string of the molecule is C1=CC2=[C](C1)[Ti]([CH2]c1ccccc1)([CH2]c1ccccc1)[C]1=C(C=CC1)C2. The Morgan fingerprint density at radius 2 is 1.08 bits per heavy atom. The molecule has 0 N–H and O–H groups in total. The van der Waals surface area contributed by atoms with Crippen LogP contribution in [0.25, 0.3) is 0 Å². The third kappa shape index (κ3) is 2.73. The van der Waals surface area contributed by atoms with Crippen molar-refractivity contribution in [3.63, 3.8) is 0 Å². The van der Waals surface area contributed by atoms with Crippen molar-refractivity contribution in [1.82, 2.24) is 0 Å². The van der Waals surface area contributed by atoms with Gasteiger partial charge in [-0.2, -0.15) is 0 Å². The van der Waals surface area contributed by atoms with E-state index in [-0.39, 0.29) is 0 Å². The summed E-state index contributed by atoms with van der Waals surface area (Å²) in [6.45, 7) is 0. The van der Waals surface area contributed by atoms with Crippen LogP contribution in [0.2, 0.25) is 0 Å². The third-order valence-electron chi connectivity index (χ3n) is 6.29. The average Bonchev–Trinajstić information content (AvgIpc) is 3.34. The van der Waals surface area contributed by atoms with Crippen molar-refractivity contribution in [2.24, 2.45) is 0 Å². The summed E-state index contributed by atoms with van der Waals surface area (Å²) < 4.78 is 6.30. The van der Waals surface area contributed by atoms with Gasteiger partial charge >= 0.3 is 160 Å². The van der Waals surface area contributed by atoms with E-state index in [1.165, 1.54) is 39.8 Å². The van der Waals surface area contributed by atoms with Gasteiger partial charge in [0.05, 0.1) is 0 Å². The molecule has 26 heavy (non-hydrogen) atoms. The molecular formula is C25H24Ti. The molecule has 0 saturated heterocycles. The molecular weight excluding hydrogens is 348 g/mol. The van der Waals surface area contributed by atoms with Crippen LogP contribution in [0, 0.1) is 0 Å². The van der Waals surface area contributed by atoms with Gasteiger partial charge in [0.1, 0.15) is 0 Å². The first kappa shape index (κ1) is 16.3. The summed E-state index contributed by atoms with van der Waals surface area (Å²) in [5.74, 6) is 0. The van der Waals surface area contributed by atoms with Crippen LogP contribution in [0.15, 0.2) is 104 Å². The average molecular weight is 372 g/mol. The molecule has 0 fully saturated rings. The second-order valence-electron chi connectivity index (χ2n) is 7.80. The zero-order chi connectivity index (χ0) is 17.4. The maximum absolute atomic E-state index is 2.46. The van der Waals surface area contributed by atoms with Crippen LogP contribution < -0.4 is 0 Å². The summed E-state index contributed by atoms with van der Waals surface area (Å²) in [4.78, 5) is 0. The topological polar surface area (TPSA) is 0 Å². The summed E-state index contributed by atoms with van der Waals surface area (Å²) >= 11 is -2.46. The van der Waals surface area contributed by atoms with Crippen molar-refractivity contribution in [2.45, 2.75) is 28.7 Å². The molecule has 2 aliphatic carbocycles. The van der Waals surface area contributed by atoms with Crippen molar-refractivity contribution in [3.05, 3.63) is 115 Å². The van der Waals surface area contributed by atoms with Gasteiger partial charge in [0.15, 0.2) is 0 Å². The van der Waals surface area contributed by atoms with E-state index in [2.05, 4.69) is 85.0 Å². The standard InChI is InChI=1S/C11H10.2C7H7.Ti/c1-2-6-10(5-1)9-11-7-3-4-8-11;2*1-7-5-3-2-4-6-7;/h1,3,5,7H,2,4,9H2;2*2-6H,1H2;. The monoisotopic (exact) mass is 372 g/mol. The van der Waals surface area contributed by atoms with Gasteiger partial charge in [0, 0.05) is 0 Å². The van der Waals surface area contributed by atoms with Gasteiger partial charge in [-0.1, -0.05) is 0 Å². The minimum absolute atomic E-state index is 1.17. The van der Waals surface area contributed by atoms with Gasteiger partial charge in [-0.3, -0.25) is 0 Å². The Balaban J connectivity index is 1.66. The van der Waals surface area contributed by atoms with Gasteiger partial charge in [-0.05, 0) is 0 Å². The van der Waals surface area contributed by atoms with Crippen molar-refractivity contribution >= 4 is 0 Å². The van der Waals surface area contributed by atoms with Gasteiger partial charge < -0.3 is 0 Å². The fourth-order valence-electron chi connectivity index (χ4n) is 5.20. The summed E-state index contributed by atoms with van der Waals surface area (Å²) in [6.07, 6.45) is 13.3. The molecule has 0 radical (unpaired) electrons. The number of hydrogen-bond acceptors (Lipinski definition) is 0. The van der Waals surface area contributed by atoms with E-state index in [9.17, 15) is 0 Å². The van der Waals surface area contributed by atoms with Crippen molar-refractivity contribution in [1.29, 1.82) is 0 Å². The van der Waals surface area contributed by atoms with Crippen LogP contribution in [0.3, 0.4) is 0 Å². The van der Waals surface area contributed by atoms with Crippen molar-refractivity contribution in [2.75, 3.05) is 0 Å². The third-order valence-corrected chi connectivity index (χ3v) is 14.7. The number of benzene rings is 2. The van der Waals surface area contributed by atoms with E-state index < -0.39 is 16.6 Å². The van der Waals surface area contributed by atoms with Crippen LogP contribution in [-0.2, 0) is 26.0 Å². The number of hydrogen-bond donors (Lipinski definition) is 0. The Bertz CT molecular complexity index is 863. The summed E-state index contributed by atoms with van der Waals surface area (Å²) in [5, 5.41) is 0. The molecule has 2 aromatic carbocycles. The van der Waals surface area contributed by atoms with Gasteiger partial charge in [-0.25, -0.2) is 0 Å². The van der Waals surface area contributed by atoms with Crippen LogP contribution in [0.4, 0.5) is 0 Å². The zero-order valence-corrected chi connectivity index (χ0v) is 16.7. The summed E-state index contributed by atoms with van der Waals surface area (Å²) in [5.41, 5.74) is 6.37. The van der Waals surface area contributed by atoms with E-state index in [1.54, 1.807) is 11.1 Å². The molecule has 0 aromatic heterocycles. The first-order chi connectivity index (χ1) is 12.9. The Labute approximate surface area is 160 Å². The summed E-state index contributed by atoms with van der Waals surface area (Å²) in [7, 11) is 0. The number of allylic oxidation sites excluding steroid dienone is 8. The molecule has 3 aliphatic rings. The fraction of sp³-hybridized carbons (Fsp3) is 0.200. The second kappa shape index (κ2) is 6.69. The van der Waals surface area contributed by atoms with E-state index in [0.29, 0.717) is 0 Å². The van der Waals surface area contributed by atoms with Crippen molar-refractivity contribution in [3.8, 4) is 0 Å². The summed E-state index contributed by atoms with van der Waals surface area (Å²) in [6, 6.07) is 22.5. The number of rotatable bonds is 4. The van der Waals surface area contributed by atoms with E-state index in [0.717, 1.165) is 0 Å². The normalized spacial score (nSPS) is 19.8. The zero-order valence-electron chi connectivity index (χ0n) is 15.1. The minimum atomic E-state index is -2.46. The molecule has 0 nitrogen and oxygen atoms in total. The molecule has 128 valence electrons. The van der Waals surface area contributed by atoms with E-state index in [1.807, 2.05) is 7.76 Å².